The molecule has 1 aromatic heterocycles. The molecule has 1 amide bonds. The van der Waals surface area contributed by atoms with Gasteiger partial charge in [0.15, 0.2) is 5.96 Å². The first kappa shape index (κ1) is 21.4. The number of carbonyl (C=O) groups is 1. The van der Waals surface area contributed by atoms with Gasteiger partial charge < -0.3 is 16.0 Å². The molecule has 8 nitrogen and oxygen atoms in total. The van der Waals surface area contributed by atoms with Crippen molar-refractivity contribution in [1.29, 1.82) is 0 Å². The van der Waals surface area contributed by atoms with E-state index in [-0.39, 0.29) is 23.7 Å². The fourth-order valence-corrected chi connectivity index (χ4v) is 2.92. The monoisotopic (exact) mass is 403 g/mol. The Labute approximate surface area is 168 Å². The molecule has 0 aliphatic heterocycles. The second-order valence-corrected chi connectivity index (χ2v) is 8.21. The summed E-state index contributed by atoms with van der Waals surface area (Å²) in [7, 11) is 0. The van der Waals surface area contributed by atoms with Gasteiger partial charge in [0.05, 0.1) is 24.6 Å². The Morgan fingerprint density at radius 1 is 1.18 bits per heavy atom. The summed E-state index contributed by atoms with van der Waals surface area (Å²) in [5.41, 5.74) is 0.571. The van der Waals surface area contributed by atoms with Crippen molar-refractivity contribution in [2.45, 2.75) is 39.4 Å². The number of aliphatic imine (C=N–C) groups is 1. The Morgan fingerprint density at radius 2 is 1.89 bits per heavy atom. The second-order valence-electron chi connectivity index (χ2n) is 7.17. The van der Waals surface area contributed by atoms with Crippen LogP contribution in [0.3, 0.4) is 0 Å². The molecule has 0 saturated heterocycles. The lowest BCUT2D eigenvalue weighted by Gasteiger charge is -2.21. The first-order valence-electron chi connectivity index (χ1n) is 8.82. The summed E-state index contributed by atoms with van der Waals surface area (Å²) in [4.78, 5) is 28.0. The van der Waals surface area contributed by atoms with Gasteiger partial charge in [0.2, 0.25) is 5.91 Å². The van der Waals surface area contributed by atoms with Crippen molar-refractivity contribution in [2.24, 2.45) is 4.99 Å². The molecule has 1 heterocycles. The number of guanidine groups is 1. The SMILES string of the molecule is CC(C)(C)NC(=O)CNC(=NCc1ccc([N+](=O)[O-])cc1)NCc1cccs1. The van der Waals surface area contributed by atoms with E-state index < -0.39 is 4.92 Å². The molecule has 0 radical (unpaired) electrons. The van der Waals surface area contributed by atoms with Gasteiger partial charge in [-0.15, -0.1) is 11.3 Å². The van der Waals surface area contributed by atoms with E-state index in [1.165, 1.54) is 12.1 Å². The molecule has 0 spiro atoms. The van der Waals surface area contributed by atoms with Crippen LogP contribution in [0.1, 0.15) is 31.2 Å². The standard InChI is InChI=1S/C19H25N5O3S/c1-19(2,3)23-17(25)13-22-18(21-12-16-5-4-10-28-16)20-11-14-6-8-15(9-7-14)24(26)27/h4-10H,11-13H2,1-3H3,(H,23,25)(H2,20,21,22). The molecule has 0 bridgehead atoms. The van der Waals surface area contributed by atoms with Gasteiger partial charge in [-0.1, -0.05) is 18.2 Å². The number of hydrogen-bond acceptors (Lipinski definition) is 5. The minimum Gasteiger partial charge on any atom is -0.351 e. The maximum Gasteiger partial charge on any atom is 0.269 e. The van der Waals surface area contributed by atoms with Crippen LogP contribution in [-0.2, 0) is 17.9 Å². The molecule has 0 fully saturated rings. The number of carbonyl (C=O) groups excluding carboxylic acids is 1. The van der Waals surface area contributed by atoms with E-state index in [1.54, 1.807) is 23.5 Å². The van der Waals surface area contributed by atoms with Gasteiger partial charge in [0.1, 0.15) is 0 Å². The van der Waals surface area contributed by atoms with E-state index in [2.05, 4.69) is 20.9 Å². The molecular formula is C19H25N5O3S. The van der Waals surface area contributed by atoms with E-state index >= 15 is 0 Å². The minimum atomic E-state index is -0.434. The van der Waals surface area contributed by atoms with Crippen molar-refractivity contribution >= 4 is 28.9 Å². The maximum atomic E-state index is 12.1. The summed E-state index contributed by atoms with van der Waals surface area (Å²) in [5, 5.41) is 21.9. The molecular weight excluding hydrogens is 378 g/mol. The Balaban J connectivity index is 2.00. The van der Waals surface area contributed by atoms with Crippen molar-refractivity contribution < 1.29 is 9.72 Å². The Hall–Kier alpha value is -2.94. The number of nitrogens with one attached hydrogen (secondary N) is 3. The molecule has 28 heavy (non-hydrogen) atoms. The Bertz CT molecular complexity index is 811. The van der Waals surface area contributed by atoms with Gasteiger partial charge in [0.25, 0.3) is 5.69 Å². The zero-order chi connectivity index (χ0) is 20.6. The third kappa shape index (κ3) is 7.75. The van der Waals surface area contributed by atoms with Crippen molar-refractivity contribution in [2.75, 3.05) is 6.54 Å². The number of benzene rings is 1. The fourth-order valence-electron chi connectivity index (χ4n) is 2.28. The van der Waals surface area contributed by atoms with Gasteiger partial charge in [-0.05, 0) is 37.8 Å². The highest BCUT2D eigenvalue weighted by Gasteiger charge is 2.14. The van der Waals surface area contributed by atoms with E-state index in [1.807, 2.05) is 38.3 Å². The highest BCUT2D eigenvalue weighted by atomic mass is 32.1. The predicted octanol–water partition coefficient (Wildman–Crippen LogP) is 2.81. The Morgan fingerprint density at radius 3 is 2.46 bits per heavy atom. The molecule has 0 aliphatic rings. The zero-order valence-electron chi connectivity index (χ0n) is 16.2. The summed E-state index contributed by atoms with van der Waals surface area (Å²) in [6.07, 6.45) is 0. The summed E-state index contributed by atoms with van der Waals surface area (Å²) in [6, 6.07) is 10.2. The van der Waals surface area contributed by atoms with Crippen LogP contribution >= 0.6 is 11.3 Å². The summed E-state index contributed by atoms with van der Waals surface area (Å²) in [6.45, 7) is 6.77. The molecule has 0 aliphatic carbocycles. The molecule has 0 unspecified atom stereocenters. The topological polar surface area (TPSA) is 109 Å². The van der Waals surface area contributed by atoms with Crippen molar-refractivity contribution in [3.8, 4) is 0 Å². The number of hydrogen-bond donors (Lipinski definition) is 3. The molecule has 1 aromatic carbocycles. The van der Waals surface area contributed by atoms with Gasteiger partial charge in [-0.3, -0.25) is 14.9 Å². The normalized spacial score (nSPS) is 11.8. The molecule has 0 atom stereocenters. The van der Waals surface area contributed by atoms with Crippen LogP contribution < -0.4 is 16.0 Å². The van der Waals surface area contributed by atoms with Gasteiger partial charge in [0, 0.05) is 22.5 Å². The first-order chi connectivity index (χ1) is 13.2. The third-order valence-corrected chi connectivity index (χ3v) is 4.38. The average molecular weight is 404 g/mol. The molecule has 9 heteroatoms. The first-order valence-corrected chi connectivity index (χ1v) is 9.70. The molecule has 0 saturated carbocycles. The molecule has 150 valence electrons. The lowest BCUT2D eigenvalue weighted by molar-refractivity contribution is -0.384. The van der Waals surface area contributed by atoms with Crippen LogP contribution in [0.15, 0.2) is 46.8 Å². The quantitative estimate of drug-likeness (QED) is 0.285. The van der Waals surface area contributed by atoms with Gasteiger partial charge >= 0.3 is 0 Å². The largest absolute Gasteiger partial charge is 0.351 e. The van der Waals surface area contributed by atoms with Gasteiger partial charge in [-0.25, -0.2) is 4.99 Å². The zero-order valence-corrected chi connectivity index (χ0v) is 17.0. The summed E-state index contributed by atoms with van der Waals surface area (Å²) < 4.78 is 0. The fraction of sp³-hybridized carbons (Fsp3) is 0.368. The average Bonchev–Trinajstić information content (AvgIpc) is 3.13. The number of rotatable bonds is 7. The number of non-ortho nitro benzene ring substituents is 1. The number of nitro groups is 1. The molecule has 3 N–H and O–H groups in total. The third-order valence-electron chi connectivity index (χ3n) is 3.51. The van der Waals surface area contributed by atoms with E-state index in [0.717, 1.165) is 10.4 Å². The van der Waals surface area contributed by atoms with Crippen LogP contribution in [0, 0.1) is 10.1 Å². The minimum absolute atomic E-state index is 0.0424. The van der Waals surface area contributed by atoms with Crippen LogP contribution in [0.5, 0.6) is 0 Å². The summed E-state index contributed by atoms with van der Waals surface area (Å²) in [5.74, 6) is 0.365. The smallest absolute Gasteiger partial charge is 0.269 e. The van der Waals surface area contributed by atoms with Gasteiger partial charge in [-0.2, -0.15) is 0 Å². The maximum absolute atomic E-state index is 12.1. The van der Waals surface area contributed by atoms with Crippen LogP contribution in [-0.4, -0.2) is 28.9 Å². The van der Waals surface area contributed by atoms with Crippen LogP contribution in [0.2, 0.25) is 0 Å². The van der Waals surface area contributed by atoms with Crippen LogP contribution in [0.4, 0.5) is 5.69 Å². The predicted molar refractivity (Wildman–Crippen MR) is 111 cm³/mol. The Kier molecular flexibility index (Phi) is 7.51. The van der Waals surface area contributed by atoms with Crippen molar-refractivity contribution in [1.82, 2.24) is 16.0 Å². The second kappa shape index (κ2) is 9.84. The number of thiophene rings is 1. The lowest BCUT2D eigenvalue weighted by Crippen LogP contribution is -2.48. The molecule has 2 rings (SSSR count). The van der Waals surface area contributed by atoms with E-state index in [0.29, 0.717) is 19.0 Å². The molecule has 2 aromatic rings. The van der Waals surface area contributed by atoms with E-state index in [9.17, 15) is 14.9 Å². The lowest BCUT2D eigenvalue weighted by atomic mass is 10.1. The number of amides is 1. The number of nitrogens with zero attached hydrogens (tertiary/aromatic N) is 2. The highest BCUT2D eigenvalue weighted by molar-refractivity contribution is 7.09. The van der Waals surface area contributed by atoms with Crippen LogP contribution in [0.25, 0.3) is 0 Å². The van der Waals surface area contributed by atoms with E-state index in [4.69, 9.17) is 0 Å². The highest BCUT2D eigenvalue weighted by Crippen LogP contribution is 2.12. The number of nitro benzene ring substituents is 1. The van der Waals surface area contributed by atoms with Crippen molar-refractivity contribution in [3.63, 3.8) is 0 Å². The van der Waals surface area contributed by atoms with Crippen molar-refractivity contribution in [3.05, 3.63) is 62.3 Å². The summed E-state index contributed by atoms with van der Waals surface area (Å²) >= 11 is 1.63.